The number of benzene rings is 2. The number of halogens is 1. The van der Waals surface area contributed by atoms with Crippen molar-refractivity contribution in [2.75, 3.05) is 6.54 Å². The maximum Gasteiger partial charge on any atom is 0.159 e. The van der Waals surface area contributed by atoms with E-state index >= 15 is 0 Å². The molecule has 0 bridgehead atoms. The van der Waals surface area contributed by atoms with E-state index in [1.165, 1.54) is 12.1 Å². The molecule has 0 amide bonds. The summed E-state index contributed by atoms with van der Waals surface area (Å²) in [5, 5.41) is 11.7. The molecular weight excluding hydrogens is 441 g/mol. The van der Waals surface area contributed by atoms with Crippen molar-refractivity contribution in [2.24, 2.45) is 0 Å². The number of H-pyrrole nitrogens is 2. The SMILES string of the molecule is CCNCc1cncc(-c2cnc3[nH]nc(-c4nc5c(-c6ccc(F)cc6)cccc5[nH]4)c3c2)c1. The lowest BCUT2D eigenvalue weighted by Gasteiger charge is -2.05. The number of nitrogens with one attached hydrogen (secondary N) is 3. The zero-order valence-corrected chi connectivity index (χ0v) is 19.0. The first kappa shape index (κ1) is 21.1. The van der Waals surface area contributed by atoms with Gasteiger partial charge in [0.2, 0.25) is 0 Å². The smallest absolute Gasteiger partial charge is 0.159 e. The molecule has 35 heavy (non-hydrogen) atoms. The van der Waals surface area contributed by atoms with Gasteiger partial charge in [0.15, 0.2) is 11.5 Å². The highest BCUT2D eigenvalue weighted by Gasteiger charge is 2.16. The molecule has 6 aromatic rings. The van der Waals surface area contributed by atoms with Crippen molar-refractivity contribution in [2.45, 2.75) is 13.5 Å². The van der Waals surface area contributed by atoms with Crippen molar-refractivity contribution in [3.63, 3.8) is 0 Å². The Morgan fingerprint density at radius 3 is 2.66 bits per heavy atom. The molecule has 2 aromatic carbocycles. The molecule has 0 spiro atoms. The van der Waals surface area contributed by atoms with E-state index in [9.17, 15) is 4.39 Å². The molecule has 0 aliphatic heterocycles. The van der Waals surface area contributed by atoms with Gasteiger partial charge in [-0.1, -0.05) is 31.2 Å². The van der Waals surface area contributed by atoms with Crippen molar-refractivity contribution >= 4 is 22.1 Å². The first-order valence-corrected chi connectivity index (χ1v) is 11.4. The lowest BCUT2D eigenvalue weighted by atomic mass is 10.0. The second-order valence-electron chi connectivity index (χ2n) is 8.35. The second kappa shape index (κ2) is 8.73. The maximum absolute atomic E-state index is 13.4. The van der Waals surface area contributed by atoms with E-state index in [0.717, 1.165) is 57.3 Å². The predicted octanol–water partition coefficient (Wildman–Crippen LogP) is 5.48. The van der Waals surface area contributed by atoms with E-state index in [0.29, 0.717) is 17.2 Å². The lowest BCUT2D eigenvalue weighted by Crippen LogP contribution is -2.11. The monoisotopic (exact) mass is 463 g/mol. The van der Waals surface area contributed by atoms with Gasteiger partial charge in [0, 0.05) is 41.8 Å². The first-order chi connectivity index (χ1) is 17.2. The van der Waals surface area contributed by atoms with Crippen LogP contribution in [0.25, 0.3) is 55.8 Å². The summed E-state index contributed by atoms with van der Waals surface area (Å²) in [6.07, 6.45) is 5.53. The van der Waals surface area contributed by atoms with Crippen molar-refractivity contribution in [1.82, 2.24) is 35.5 Å². The molecule has 0 saturated carbocycles. The van der Waals surface area contributed by atoms with Crippen LogP contribution in [0.2, 0.25) is 0 Å². The van der Waals surface area contributed by atoms with Gasteiger partial charge in [0.1, 0.15) is 11.5 Å². The summed E-state index contributed by atoms with van der Waals surface area (Å²) in [6.45, 7) is 3.74. The summed E-state index contributed by atoms with van der Waals surface area (Å²) >= 11 is 0. The third-order valence-corrected chi connectivity index (χ3v) is 6.02. The van der Waals surface area contributed by atoms with Crippen LogP contribution < -0.4 is 5.32 Å². The fourth-order valence-electron chi connectivity index (χ4n) is 4.26. The number of aromatic amines is 2. The maximum atomic E-state index is 13.4. The van der Waals surface area contributed by atoms with Gasteiger partial charge < -0.3 is 10.3 Å². The topological polar surface area (TPSA) is 95.2 Å². The summed E-state index contributed by atoms with van der Waals surface area (Å²) in [5.74, 6) is 0.371. The number of para-hydroxylation sites is 1. The quantitative estimate of drug-likeness (QED) is 0.304. The molecule has 6 rings (SSSR count). The predicted molar refractivity (Wildman–Crippen MR) is 135 cm³/mol. The number of hydrogen-bond acceptors (Lipinski definition) is 5. The molecule has 0 atom stereocenters. The molecular formula is C27H22FN7. The van der Waals surface area contributed by atoms with Crippen molar-refractivity contribution in [1.29, 1.82) is 0 Å². The zero-order chi connectivity index (χ0) is 23.8. The third kappa shape index (κ3) is 3.94. The molecule has 3 N–H and O–H groups in total. The highest BCUT2D eigenvalue weighted by atomic mass is 19.1. The largest absolute Gasteiger partial charge is 0.337 e. The molecule has 8 heteroatoms. The number of fused-ring (bicyclic) bond motifs is 2. The Kier molecular flexibility index (Phi) is 5.27. The van der Waals surface area contributed by atoms with Crippen LogP contribution in [0.3, 0.4) is 0 Å². The number of aromatic nitrogens is 6. The van der Waals surface area contributed by atoms with Crippen LogP contribution in [-0.4, -0.2) is 36.7 Å². The summed E-state index contributed by atoms with van der Waals surface area (Å²) < 4.78 is 13.4. The molecule has 0 unspecified atom stereocenters. The molecule has 0 saturated heterocycles. The Balaban J connectivity index is 1.43. The molecule has 4 aromatic heterocycles. The fraction of sp³-hybridized carbons (Fsp3) is 0.111. The van der Waals surface area contributed by atoms with Gasteiger partial charge in [-0.3, -0.25) is 10.1 Å². The van der Waals surface area contributed by atoms with Gasteiger partial charge in [-0.2, -0.15) is 5.10 Å². The van der Waals surface area contributed by atoms with Gasteiger partial charge in [-0.15, -0.1) is 0 Å². The Hall–Kier alpha value is -4.43. The summed E-state index contributed by atoms with van der Waals surface area (Å²) in [5.41, 5.74) is 7.93. The standard InChI is InChI=1S/C27H22FN7/c1-2-29-12-16-10-18(14-30-13-16)19-11-22-25(34-35-26(22)31-15-19)27-32-23-5-3-4-21(24(23)33-27)17-6-8-20(28)9-7-17/h3-11,13-15,29H,2,12H2,1H3,(H,32,33)(H,31,34,35). The molecule has 0 aliphatic rings. The molecule has 4 heterocycles. The highest BCUT2D eigenvalue weighted by molar-refractivity contribution is 5.97. The summed E-state index contributed by atoms with van der Waals surface area (Å²) in [4.78, 5) is 17.2. The number of imidazole rings is 1. The Morgan fingerprint density at radius 2 is 1.80 bits per heavy atom. The molecule has 172 valence electrons. The van der Waals surface area contributed by atoms with E-state index in [1.807, 2.05) is 36.8 Å². The minimum Gasteiger partial charge on any atom is -0.337 e. The van der Waals surface area contributed by atoms with Crippen LogP contribution >= 0.6 is 0 Å². The van der Waals surface area contributed by atoms with E-state index in [-0.39, 0.29) is 5.82 Å². The average Bonchev–Trinajstić information content (AvgIpc) is 3.51. The van der Waals surface area contributed by atoms with Gasteiger partial charge in [0.05, 0.1) is 16.4 Å². The molecule has 0 aliphatic carbocycles. The van der Waals surface area contributed by atoms with Crippen molar-refractivity contribution in [3.8, 4) is 33.8 Å². The van der Waals surface area contributed by atoms with E-state index < -0.39 is 0 Å². The Morgan fingerprint density at radius 1 is 0.943 bits per heavy atom. The average molecular weight is 464 g/mol. The number of hydrogen-bond donors (Lipinski definition) is 3. The van der Waals surface area contributed by atoms with Crippen molar-refractivity contribution < 1.29 is 4.39 Å². The summed E-state index contributed by atoms with van der Waals surface area (Å²) in [7, 11) is 0. The number of nitrogens with zero attached hydrogens (tertiary/aromatic N) is 4. The normalized spacial score (nSPS) is 11.5. The molecule has 7 nitrogen and oxygen atoms in total. The van der Waals surface area contributed by atoms with Gasteiger partial charge in [-0.25, -0.2) is 14.4 Å². The number of rotatable bonds is 6. The minimum absolute atomic E-state index is 0.266. The molecule has 0 fully saturated rings. The van der Waals surface area contributed by atoms with E-state index in [1.54, 1.807) is 12.1 Å². The molecule has 0 radical (unpaired) electrons. The van der Waals surface area contributed by atoms with Crippen LogP contribution in [0.5, 0.6) is 0 Å². The van der Waals surface area contributed by atoms with Gasteiger partial charge in [0.25, 0.3) is 0 Å². The van der Waals surface area contributed by atoms with Gasteiger partial charge in [-0.05, 0) is 48.0 Å². The highest BCUT2D eigenvalue weighted by Crippen LogP contribution is 2.32. The van der Waals surface area contributed by atoms with E-state index in [2.05, 4.69) is 49.5 Å². The van der Waals surface area contributed by atoms with Crippen LogP contribution in [-0.2, 0) is 6.54 Å². The zero-order valence-electron chi connectivity index (χ0n) is 19.0. The lowest BCUT2D eigenvalue weighted by molar-refractivity contribution is 0.628. The second-order valence-corrected chi connectivity index (χ2v) is 8.35. The first-order valence-electron chi connectivity index (χ1n) is 11.4. The Bertz CT molecular complexity index is 1650. The van der Waals surface area contributed by atoms with Gasteiger partial charge >= 0.3 is 0 Å². The minimum atomic E-state index is -0.266. The number of pyridine rings is 2. The van der Waals surface area contributed by atoms with Crippen LogP contribution in [0.15, 0.2) is 73.2 Å². The summed E-state index contributed by atoms with van der Waals surface area (Å²) in [6, 6.07) is 16.5. The van der Waals surface area contributed by atoms with Crippen LogP contribution in [0.4, 0.5) is 4.39 Å². The van der Waals surface area contributed by atoms with E-state index in [4.69, 9.17) is 4.98 Å². The fourth-order valence-corrected chi connectivity index (χ4v) is 4.26. The van der Waals surface area contributed by atoms with Crippen LogP contribution in [0, 0.1) is 5.82 Å². The van der Waals surface area contributed by atoms with Crippen LogP contribution in [0.1, 0.15) is 12.5 Å². The van der Waals surface area contributed by atoms with Crippen molar-refractivity contribution in [3.05, 3.63) is 84.6 Å². The Labute approximate surface area is 200 Å². The third-order valence-electron chi connectivity index (χ3n) is 6.02.